The van der Waals surface area contributed by atoms with Crippen molar-refractivity contribution in [2.24, 2.45) is 0 Å². The third-order valence-electron chi connectivity index (χ3n) is 10.5. The Balaban J connectivity index is 4.34. The van der Waals surface area contributed by atoms with Gasteiger partial charge in [-0.1, -0.05) is 192 Å². The molecule has 0 radical (unpaired) electrons. The Morgan fingerprint density at radius 1 is 0.618 bits per heavy atom. The van der Waals surface area contributed by atoms with Crippen LogP contribution in [0.15, 0.2) is 24.3 Å². The first-order valence-electron chi connectivity index (χ1n) is 23.2. The molecule has 0 fully saturated rings. The third kappa shape index (κ3) is 41.0. The molecule has 0 rings (SSSR count). The van der Waals surface area contributed by atoms with Crippen LogP contribution < -0.4 is 5.32 Å². The normalized spacial score (nSPS) is 14.5. The van der Waals surface area contributed by atoms with Gasteiger partial charge in [-0.3, -0.25) is 13.8 Å². The summed E-state index contributed by atoms with van der Waals surface area (Å²) in [5, 5.41) is 14.0. The van der Waals surface area contributed by atoms with Crippen LogP contribution in [-0.2, 0) is 18.4 Å². The van der Waals surface area contributed by atoms with E-state index in [1.54, 1.807) is 0 Å². The van der Waals surface area contributed by atoms with Gasteiger partial charge >= 0.3 is 7.82 Å². The molecule has 3 N–H and O–H groups in total. The highest BCUT2D eigenvalue weighted by Crippen LogP contribution is 2.43. The topological polar surface area (TPSA) is 105 Å². The molecule has 55 heavy (non-hydrogen) atoms. The highest BCUT2D eigenvalue weighted by molar-refractivity contribution is 7.47. The van der Waals surface area contributed by atoms with Crippen LogP contribution in [-0.4, -0.2) is 73.4 Å². The molecule has 0 saturated carbocycles. The fraction of sp³-hybridized carbons (Fsp3) is 0.891. The lowest BCUT2D eigenvalue weighted by molar-refractivity contribution is -0.870. The molecule has 0 aliphatic rings. The van der Waals surface area contributed by atoms with E-state index in [0.29, 0.717) is 23.9 Å². The third-order valence-corrected chi connectivity index (χ3v) is 11.5. The summed E-state index contributed by atoms with van der Waals surface area (Å²) in [6.45, 7) is 4.86. The Morgan fingerprint density at radius 2 is 1.02 bits per heavy atom. The smallest absolute Gasteiger partial charge is 0.391 e. The maximum atomic E-state index is 12.9. The van der Waals surface area contributed by atoms with Crippen LogP contribution in [0, 0.1) is 0 Å². The van der Waals surface area contributed by atoms with E-state index in [4.69, 9.17) is 9.05 Å². The van der Waals surface area contributed by atoms with E-state index >= 15 is 0 Å². The summed E-state index contributed by atoms with van der Waals surface area (Å²) in [5.41, 5.74) is 0. The Hall–Kier alpha value is -1.02. The molecule has 3 unspecified atom stereocenters. The van der Waals surface area contributed by atoms with Crippen LogP contribution in [0.1, 0.15) is 213 Å². The van der Waals surface area contributed by atoms with Crippen molar-refractivity contribution in [1.82, 2.24) is 5.32 Å². The molecule has 326 valence electrons. The Kier molecular flexibility index (Phi) is 37.8. The highest BCUT2D eigenvalue weighted by atomic mass is 31.2. The molecular formula is C46H92N2O6P+. The first-order chi connectivity index (χ1) is 26.5. The van der Waals surface area contributed by atoms with Crippen molar-refractivity contribution in [1.29, 1.82) is 0 Å². The average molecular weight is 800 g/mol. The number of nitrogens with one attached hydrogen (secondary N) is 1. The number of phosphoric acid groups is 1. The summed E-state index contributed by atoms with van der Waals surface area (Å²) in [6.07, 6.45) is 44.8. The number of allylic oxidation sites excluding steroid dienone is 4. The van der Waals surface area contributed by atoms with E-state index in [0.717, 1.165) is 51.4 Å². The monoisotopic (exact) mass is 800 g/mol. The number of likely N-dealkylation sites (N-methyl/N-ethyl adjacent to an activating group) is 1. The predicted molar refractivity (Wildman–Crippen MR) is 235 cm³/mol. The molecule has 0 aromatic carbocycles. The summed E-state index contributed by atoms with van der Waals surface area (Å²) >= 11 is 0. The van der Waals surface area contributed by atoms with Crippen LogP contribution in [0.2, 0.25) is 0 Å². The quantitative estimate of drug-likeness (QED) is 0.0246. The number of nitrogens with zero attached hydrogens (tertiary/aromatic N) is 1. The van der Waals surface area contributed by atoms with E-state index in [-0.39, 0.29) is 19.1 Å². The fourth-order valence-corrected chi connectivity index (χ4v) is 7.48. The van der Waals surface area contributed by atoms with Crippen molar-refractivity contribution in [3.05, 3.63) is 24.3 Å². The van der Waals surface area contributed by atoms with Gasteiger partial charge in [0.15, 0.2) is 0 Å². The molecule has 0 saturated heterocycles. The number of amides is 1. The highest BCUT2D eigenvalue weighted by Gasteiger charge is 2.28. The van der Waals surface area contributed by atoms with Crippen LogP contribution in [0.3, 0.4) is 0 Å². The predicted octanol–water partition coefficient (Wildman–Crippen LogP) is 12.9. The minimum Gasteiger partial charge on any atom is -0.391 e. The Morgan fingerprint density at radius 3 is 1.49 bits per heavy atom. The molecule has 0 aromatic rings. The molecule has 1 amide bonds. The largest absolute Gasteiger partial charge is 0.472 e. The van der Waals surface area contributed by atoms with Gasteiger partial charge < -0.3 is 19.8 Å². The number of unbranched alkanes of at least 4 members (excludes halogenated alkanes) is 26. The summed E-state index contributed by atoms with van der Waals surface area (Å²) in [7, 11) is 1.61. The molecule has 0 heterocycles. The van der Waals surface area contributed by atoms with Gasteiger partial charge in [0.2, 0.25) is 5.91 Å². The number of rotatable bonds is 42. The summed E-state index contributed by atoms with van der Waals surface area (Å²) in [4.78, 5) is 23.2. The van der Waals surface area contributed by atoms with Gasteiger partial charge in [-0.15, -0.1) is 0 Å². The molecule has 0 bridgehead atoms. The van der Waals surface area contributed by atoms with Gasteiger partial charge in [-0.2, -0.15) is 0 Å². The van der Waals surface area contributed by atoms with E-state index in [2.05, 4.69) is 43.5 Å². The van der Waals surface area contributed by atoms with Gasteiger partial charge in [0.05, 0.1) is 39.9 Å². The van der Waals surface area contributed by atoms with Crippen molar-refractivity contribution in [3.8, 4) is 0 Å². The average Bonchev–Trinajstić information content (AvgIpc) is 3.13. The zero-order valence-corrected chi connectivity index (χ0v) is 37.8. The second kappa shape index (κ2) is 38.5. The van der Waals surface area contributed by atoms with Gasteiger partial charge in [0.25, 0.3) is 0 Å². The molecule has 9 heteroatoms. The number of phosphoric ester groups is 1. The van der Waals surface area contributed by atoms with E-state index in [1.165, 1.54) is 135 Å². The number of aliphatic hydroxyl groups excluding tert-OH is 1. The molecule has 0 aliphatic carbocycles. The summed E-state index contributed by atoms with van der Waals surface area (Å²) < 4.78 is 23.6. The standard InChI is InChI=1S/C46H91N2O6P/c1-6-8-10-12-14-16-18-20-22-23-24-26-27-29-31-33-35-37-39-45(49)44(43-54-55(51,52)53-42-41-48(3,4)5)47-46(50)40-38-36-34-32-30-28-25-21-19-17-15-13-11-9-7-2/h15,17,19,21,44-45,49H,6-14,16,18,20,22-43H2,1-5H3,(H-,47,50,51,52)/p+1/b17-15-,21-19-. The van der Waals surface area contributed by atoms with Crippen LogP contribution >= 0.6 is 7.82 Å². The maximum Gasteiger partial charge on any atom is 0.472 e. The first-order valence-corrected chi connectivity index (χ1v) is 24.7. The molecule has 0 spiro atoms. The summed E-state index contributed by atoms with van der Waals surface area (Å²) in [6, 6.07) is -0.764. The zero-order valence-electron chi connectivity index (χ0n) is 36.9. The molecular weight excluding hydrogens is 707 g/mol. The molecule has 8 nitrogen and oxygen atoms in total. The molecule has 3 atom stereocenters. The lowest BCUT2D eigenvalue weighted by Crippen LogP contribution is -2.46. The van der Waals surface area contributed by atoms with Crippen LogP contribution in [0.5, 0.6) is 0 Å². The molecule has 0 aromatic heterocycles. The SMILES string of the molecule is CCCCC/C=C\C=C/CCCCCCCCC(=O)NC(COP(=O)(O)OCC[N+](C)(C)C)C(O)CCCCCCCCCCCCCCCCCCCC. The lowest BCUT2D eigenvalue weighted by Gasteiger charge is -2.26. The second-order valence-electron chi connectivity index (χ2n) is 17.2. The van der Waals surface area contributed by atoms with Crippen molar-refractivity contribution in [2.45, 2.75) is 225 Å². The van der Waals surface area contributed by atoms with Crippen molar-refractivity contribution < 1.29 is 32.9 Å². The minimum atomic E-state index is -4.32. The van der Waals surface area contributed by atoms with Gasteiger partial charge in [0.1, 0.15) is 13.2 Å². The minimum absolute atomic E-state index is 0.0728. The van der Waals surface area contributed by atoms with Gasteiger partial charge in [-0.05, 0) is 38.5 Å². The van der Waals surface area contributed by atoms with Gasteiger partial charge in [-0.25, -0.2) is 4.57 Å². The number of aliphatic hydroxyl groups is 1. The van der Waals surface area contributed by atoms with Crippen molar-refractivity contribution in [3.63, 3.8) is 0 Å². The van der Waals surface area contributed by atoms with E-state index in [1.807, 2.05) is 21.1 Å². The van der Waals surface area contributed by atoms with Crippen LogP contribution in [0.25, 0.3) is 0 Å². The number of hydrogen-bond acceptors (Lipinski definition) is 5. The van der Waals surface area contributed by atoms with E-state index in [9.17, 15) is 19.4 Å². The second-order valence-corrected chi connectivity index (χ2v) is 18.6. The number of quaternary nitrogens is 1. The van der Waals surface area contributed by atoms with Gasteiger partial charge in [0, 0.05) is 6.42 Å². The number of hydrogen-bond donors (Lipinski definition) is 3. The van der Waals surface area contributed by atoms with Crippen molar-refractivity contribution >= 4 is 13.7 Å². The number of carbonyl (C=O) groups is 1. The Labute approximate surface area is 341 Å². The zero-order chi connectivity index (χ0) is 40.7. The number of carbonyl (C=O) groups excluding carboxylic acids is 1. The van der Waals surface area contributed by atoms with Crippen LogP contribution in [0.4, 0.5) is 0 Å². The summed E-state index contributed by atoms with van der Waals surface area (Å²) in [5.74, 6) is -0.155. The van der Waals surface area contributed by atoms with E-state index < -0.39 is 20.0 Å². The van der Waals surface area contributed by atoms with Crippen molar-refractivity contribution in [2.75, 3.05) is 40.9 Å². The maximum absolute atomic E-state index is 12.9. The fourth-order valence-electron chi connectivity index (χ4n) is 6.74. The lowest BCUT2D eigenvalue weighted by atomic mass is 10.0. The Bertz CT molecular complexity index is 953. The molecule has 0 aliphatic heterocycles. The first kappa shape index (κ1) is 54.0.